The molecule has 0 saturated carbocycles. The molecule has 1 aromatic rings. The maximum atomic E-state index is 12.0. The number of amidine groups is 1. The van der Waals surface area contributed by atoms with Gasteiger partial charge >= 0.3 is 0 Å². The average Bonchev–Trinajstić information content (AvgIpc) is 2.77. The molecule has 0 radical (unpaired) electrons. The predicted octanol–water partition coefficient (Wildman–Crippen LogP) is 2.67. The fourth-order valence-electron chi connectivity index (χ4n) is 1.78. The number of unbranched alkanes of at least 4 members (excludes halogenated alkanes) is 2. The number of nitrogen functional groups attached to an aromatic ring is 1. The van der Waals surface area contributed by atoms with Gasteiger partial charge < -0.3 is 10.3 Å². The zero-order valence-electron chi connectivity index (χ0n) is 11.1. The molecule has 0 bridgehead atoms. The van der Waals surface area contributed by atoms with Crippen LogP contribution in [0.4, 0.5) is 0 Å². The highest BCUT2D eigenvalue weighted by Crippen LogP contribution is 2.19. The second-order valence-electron chi connectivity index (χ2n) is 4.38. The number of carbonyl (C=O) groups is 1. The molecule has 1 rings (SSSR count). The minimum absolute atomic E-state index is 0.0389. The first kappa shape index (κ1) is 14.4. The highest BCUT2D eigenvalue weighted by molar-refractivity contribution is 6.00. The van der Waals surface area contributed by atoms with Crippen LogP contribution in [0.1, 0.15) is 67.8 Å². The largest absolute Gasteiger partial charge is 0.382 e. The number of hydrogen-bond acceptors (Lipinski definition) is 4. The molecule has 0 atom stereocenters. The van der Waals surface area contributed by atoms with Crippen molar-refractivity contribution < 1.29 is 9.32 Å². The Kier molecular flexibility index (Phi) is 5.55. The molecule has 0 aromatic carbocycles. The van der Waals surface area contributed by atoms with Crippen molar-refractivity contribution in [3.05, 3.63) is 17.0 Å². The molecule has 5 heteroatoms. The molecule has 0 unspecified atom stereocenters. The van der Waals surface area contributed by atoms with Gasteiger partial charge in [0.05, 0.1) is 0 Å². The van der Waals surface area contributed by atoms with Gasteiger partial charge in [-0.3, -0.25) is 10.2 Å². The van der Waals surface area contributed by atoms with E-state index in [0.717, 1.165) is 25.7 Å². The van der Waals surface area contributed by atoms with Crippen molar-refractivity contribution >= 4 is 11.6 Å². The van der Waals surface area contributed by atoms with Gasteiger partial charge in [-0.1, -0.05) is 31.8 Å². The Morgan fingerprint density at radius 2 is 2.00 bits per heavy atom. The third-order valence-electron chi connectivity index (χ3n) is 2.83. The molecule has 3 N–H and O–H groups in total. The SMILES string of the molecule is CCCCC(=O)c1onc(C(=N)N)c1CCCC. The Labute approximate surface area is 107 Å². The third-order valence-corrected chi connectivity index (χ3v) is 2.83. The van der Waals surface area contributed by atoms with Crippen molar-refractivity contribution in [2.75, 3.05) is 0 Å². The Balaban J connectivity index is 2.95. The van der Waals surface area contributed by atoms with Crippen LogP contribution in [0.5, 0.6) is 0 Å². The number of rotatable bonds is 8. The second kappa shape index (κ2) is 6.93. The first-order chi connectivity index (χ1) is 8.61. The van der Waals surface area contributed by atoms with E-state index in [9.17, 15) is 4.79 Å². The summed E-state index contributed by atoms with van der Waals surface area (Å²) in [6.45, 7) is 4.10. The standard InChI is InChI=1S/C13H21N3O2/c1-3-5-7-9-11(13(14)15)16-18-12(9)10(17)8-6-4-2/h3-8H2,1-2H3,(H3,14,15). The number of aromatic nitrogens is 1. The zero-order valence-corrected chi connectivity index (χ0v) is 11.1. The molecule has 0 saturated heterocycles. The minimum Gasteiger partial charge on any atom is -0.382 e. The normalized spacial score (nSPS) is 10.6. The number of hydrogen-bond donors (Lipinski definition) is 2. The maximum Gasteiger partial charge on any atom is 0.206 e. The quantitative estimate of drug-likeness (QED) is 0.422. The van der Waals surface area contributed by atoms with E-state index in [2.05, 4.69) is 12.1 Å². The molecule has 1 heterocycles. The summed E-state index contributed by atoms with van der Waals surface area (Å²) in [6.07, 6.45) is 4.87. The maximum absolute atomic E-state index is 12.0. The van der Waals surface area contributed by atoms with E-state index in [4.69, 9.17) is 15.7 Å². The molecule has 0 fully saturated rings. The third kappa shape index (κ3) is 3.42. The lowest BCUT2D eigenvalue weighted by molar-refractivity contribution is 0.0942. The lowest BCUT2D eigenvalue weighted by Crippen LogP contribution is -2.14. The van der Waals surface area contributed by atoms with E-state index in [1.165, 1.54) is 0 Å². The monoisotopic (exact) mass is 251 g/mol. The summed E-state index contributed by atoms with van der Waals surface area (Å²) in [6, 6.07) is 0. The molecule has 0 amide bonds. The summed E-state index contributed by atoms with van der Waals surface area (Å²) >= 11 is 0. The first-order valence-corrected chi connectivity index (χ1v) is 6.47. The number of nitrogens with one attached hydrogen (secondary N) is 1. The van der Waals surface area contributed by atoms with E-state index in [-0.39, 0.29) is 11.6 Å². The van der Waals surface area contributed by atoms with Gasteiger partial charge in [0.15, 0.2) is 5.69 Å². The van der Waals surface area contributed by atoms with E-state index in [0.29, 0.717) is 29.9 Å². The number of Topliss-reactive ketones (excluding diaryl/α,β-unsaturated/α-hetero) is 1. The van der Waals surface area contributed by atoms with Gasteiger partial charge in [0.25, 0.3) is 0 Å². The lowest BCUT2D eigenvalue weighted by Gasteiger charge is -2.01. The van der Waals surface area contributed by atoms with E-state index in [1.807, 2.05) is 6.92 Å². The summed E-state index contributed by atoms with van der Waals surface area (Å²) in [5.41, 5.74) is 6.47. The van der Waals surface area contributed by atoms with Crippen molar-refractivity contribution in [3.63, 3.8) is 0 Å². The Hall–Kier alpha value is -1.65. The molecule has 0 aliphatic heterocycles. The van der Waals surface area contributed by atoms with Gasteiger partial charge in [-0.2, -0.15) is 0 Å². The van der Waals surface area contributed by atoms with Crippen molar-refractivity contribution in [1.82, 2.24) is 5.16 Å². The zero-order chi connectivity index (χ0) is 13.5. The fourth-order valence-corrected chi connectivity index (χ4v) is 1.78. The molecular weight excluding hydrogens is 230 g/mol. The summed E-state index contributed by atoms with van der Waals surface area (Å²) in [7, 11) is 0. The van der Waals surface area contributed by atoms with Gasteiger partial charge in [-0.05, 0) is 19.3 Å². The Bertz CT molecular complexity index is 424. The Morgan fingerprint density at radius 1 is 1.33 bits per heavy atom. The molecule has 5 nitrogen and oxygen atoms in total. The van der Waals surface area contributed by atoms with Gasteiger partial charge in [0, 0.05) is 12.0 Å². The van der Waals surface area contributed by atoms with Crippen LogP contribution in [0.15, 0.2) is 4.52 Å². The van der Waals surface area contributed by atoms with Gasteiger partial charge in [0.2, 0.25) is 11.5 Å². The molecule has 0 aliphatic rings. The van der Waals surface area contributed by atoms with E-state index >= 15 is 0 Å². The molecule has 18 heavy (non-hydrogen) atoms. The van der Waals surface area contributed by atoms with Gasteiger partial charge in [-0.25, -0.2) is 0 Å². The van der Waals surface area contributed by atoms with Crippen molar-refractivity contribution in [2.45, 2.75) is 52.4 Å². The van der Waals surface area contributed by atoms with E-state index in [1.54, 1.807) is 0 Å². The lowest BCUT2D eigenvalue weighted by atomic mass is 10.0. The number of nitrogens with zero attached hydrogens (tertiary/aromatic N) is 1. The number of carbonyl (C=O) groups excluding carboxylic acids is 1. The van der Waals surface area contributed by atoms with Crippen molar-refractivity contribution in [3.8, 4) is 0 Å². The second-order valence-corrected chi connectivity index (χ2v) is 4.38. The fraction of sp³-hybridized carbons (Fsp3) is 0.615. The highest BCUT2D eigenvalue weighted by Gasteiger charge is 2.22. The van der Waals surface area contributed by atoms with E-state index < -0.39 is 0 Å². The van der Waals surface area contributed by atoms with Crippen LogP contribution in [-0.4, -0.2) is 16.8 Å². The van der Waals surface area contributed by atoms with Crippen LogP contribution in [0.3, 0.4) is 0 Å². The average molecular weight is 251 g/mol. The number of nitrogens with two attached hydrogens (primary N) is 1. The molecule has 1 aromatic heterocycles. The van der Waals surface area contributed by atoms with Crippen molar-refractivity contribution in [1.29, 1.82) is 5.41 Å². The van der Waals surface area contributed by atoms with Crippen LogP contribution in [-0.2, 0) is 6.42 Å². The van der Waals surface area contributed by atoms with Crippen LogP contribution < -0.4 is 5.73 Å². The summed E-state index contributed by atoms with van der Waals surface area (Å²) in [5, 5.41) is 11.2. The summed E-state index contributed by atoms with van der Waals surface area (Å²) in [4.78, 5) is 12.0. The van der Waals surface area contributed by atoms with Crippen LogP contribution in [0, 0.1) is 5.41 Å². The molecular formula is C13H21N3O2. The molecule has 100 valence electrons. The summed E-state index contributed by atoms with van der Waals surface area (Å²) < 4.78 is 5.09. The molecule has 0 spiro atoms. The first-order valence-electron chi connectivity index (χ1n) is 6.47. The summed E-state index contributed by atoms with van der Waals surface area (Å²) in [5.74, 6) is 0.115. The molecule has 0 aliphatic carbocycles. The topological polar surface area (TPSA) is 93.0 Å². The smallest absolute Gasteiger partial charge is 0.206 e. The van der Waals surface area contributed by atoms with Crippen molar-refractivity contribution in [2.24, 2.45) is 5.73 Å². The predicted molar refractivity (Wildman–Crippen MR) is 70.0 cm³/mol. The number of ketones is 1. The van der Waals surface area contributed by atoms with Crippen LogP contribution >= 0.6 is 0 Å². The van der Waals surface area contributed by atoms with Gasteiger partial charge in [-0.15, -0.1) is 0 Å². The van der Waals surface area contributed by atoms with Crippen LogP contribution in [0.25, 0.3) is 0 Å². The highest BCUT2D eigenvalue weighted by atomic mass is 16.5. The minimum atomic E-state index is -0.139. The van der Waals surface area contributed by atoms with Crippen LogP contribution in [0.2, 0.25) is 0 Å². The van der Waals surface area contributed by atoms with Gasteiger partial charge in [0.1, 0.15) is 5.84 Å². The Morgan fingerprint density at radius 3 is 2.56 bits per heavy atom.